The van der Waals surface area contributed by atoms with E-state index in [-0.39, 0.29) is 0 Å². The fraction of sp³-hybridized carbons (Fsp3) is 0.286. The van der Waals surface area contributed by atoms with Gasteiger partial charge in [0.05, 0.1) is 7.11 Å². The summed E-state index contributed by atoms with van der Waals surface area (Å²) in [5.74, 6) is 0.685. The first-order chi connectivity index (χ1) is 4.77. The molecule has 52 valence electrons. The Kier molecular flexibility index (Phi) is 1.93. The van der Waals surface area contributed by atoms with Crippen molar-refractivity contribution in [3.8, 4) is 11.8 Å². The van der Waals surface area contributed by atoms with E-state index in [9.17, 15) is 0 Å². The molecule has 0 atom stereocenters. The highest BCUT2D eigenvalue weighted by atomic mass is 32.1. The van der Waals surface area contributed by atoms with Gasteiger partial charge in [0.25, 0.3) is 0 Å². The molecule has 0 aliphatic carbocycles. The summed E-state index contributed by atoms with van der Waals surface area (Å²) in [7, 11) is 1.57. The number of hydrogen-bond donors (Lipinski definition) is 0. The lowest BCUT2D eigenvalue weighted by molar-refractivity contribution is 0.415. The second kappa shape index (κ2) is 2.72. The summed E-state index contributed by atoms with van der Waals surface area (Å²) in [5, 5.41) is 8.54. The molecule has 1 heterocycles. The zero-order valence-electron chi connectivity index (χ0n) is 5.84. The van der Waals surface area contributed by atoms with Crippen molar-refractivity contribution in [2.24, 2.45) is 0 Å². The van der Waals surface area contributed by atoms with E-state index in [1.165, 1.54) is 11.3 Å². The molecule has 10 heavy (non-hydrogen) atoms. The molecule has 1 rings (SSSR count). The number of nitrogens with zero attached hydrogens (tertiary/aromatic N) is 1. The molecule has 0 N–H and O–H groups in total. The fourth-order valence-electron chi connectivity index (χ4n) is 0.720. The molecular weight excluding hydrogens is 146 g/mol. The van der Waals surface area contributed by atoms with Crippen LogP contribution < -0.4 is 4.74 Å². The Morgan fingerprint density at radius 3 is 2.80 bits per heavy atom. The Labute approximate surface area is 63.7 Å². The van der Waals surface area contributed by atoms with Gasteiger partial charge in [-0.05, 0) is 13.0 Å². The zero-order valence-corrected chi connectivity index (χ0v) is 6.66. The van der Waals surface area contributed by atoms with Gasteiger partial charge < -0.3 is 4.74 Å². The predicted molar refractivity (Wildman–Crippen MR) is 40.3 cm³/mol. The molecule has 0 spiro atoms. The summed E-state index contributed by atoms with van der Waals surface area (Å²) >= 11 is 1.45. The minimum atomic E-state index is 0.653. The summed E-state index contributed by atoms with van der Waals surface area (Å²) in [4.78, 5) is 1.76. The standard InChI is InChI=1S/C7H7NOS/c1-5-3-6(9-2)7(4-8)10-5/h3H,1-2H3. The van der Waals surface area contributed by atoms with Gasteiger partial charge in [-0.15, -0.1) is 11.3 Å². The summed E-state index contributed by atoms with van der Waals surface area (Å²) in [6.45, 7) is 1.95. The van der Waals surface area contributed by atoms with Gasteiger partial charge in [-0.25, -0.2) is 0 Å². The minimum Gasteiger partial charge on any atom is -0.494 e. The number of thiophene rings is 1. The van der Waals surface area contributed by atoms with E-state index in [2.05, 4.69) is 6.07 Å². The largest absolute Gasteiger partial charge is 0.494 e. The molecule has 0 aliphatic heterocycles. The van der Waals surface area contributed by atoms with Crippen molar-refractivity contribution in [2.45, 2.75) is 6.92 Å². The smallest absolute Gasteiger partial charge is 0.147 e. The summed E-state index contributed by atoms with van der Waals surface area (Å²) in [6.07, 6.45) is 0. The lowest BCUT2D eigenvalue weighted by Gasteiger charge is -1.91. The van der Waals surface area contributed by atoms with Crippen LogP contribution in [0.3, 0.4) is 0 Å². The van der Waals surface area contributed by atoms with Crippen LogP contribution in [0.5, 0.6) is 5.75 Å². The van der Waals surface area contributed by atoms with Crippen LogP contribution in [-0.2, 0) is 0 Å². The average molecular weight is 153 g/mol. The quantitative estimate of drug-likeness (QED) is 0.617. The summed E-state index contributed by atoms with van der Waals surface area (Å²) in [6, 6.07) is 3.93. The van der Waals surface area contributed by atoms with Gasteiger partial charge in [-0.3, -0.25) is 0 Å². The van der Waals surface area contributed by atoms with Crippen LogP contribution in [0.15, 0.2) is 6.07 Å². The van der Waals surface area contributed by atoms with Crippen LogP contribution in [0.2, 0.25) is 0 Å². The van der Waals surface area contributed by atoms with Crippen molar-refractivity contribution in [3.63, 3.8) is 0 Å². The van der Waals surface area contributed by atoms with Gasteiger partial charge in [-0.2, -0.15) is 5.26 Å². The topological polar surface area (TPSA) is 33.0 Å². The Balaban J connectivity index is 3.12. The number of hydrogen-bond acceptors (Lipinski definition) is 3. The molecule has 0 amide bonds. The third kappa shape index (κ3) is 1.12. The highest BCUT2D eigenvalue weighted by Crippen LogP contribution is 2.26. The molecule has 1 aromatic heterocycles. The molecule has 0 aliphatic rings. The van der Waals surface area contributed by atoms with E-state index in [4.69, 9.17) is 10.00 Å². The van der Waals surface area contributed by atoms with Gasteiger partial charge >= 0.3 is 0 Å². The van der Waals surface area contributed by atoms with Crippen LogP contribution in [0, 0.1) is 18.3 Å². The van der Waals surface area contributed by atoms with Crippen molar-refractivity contribution in [3.05, 3.63) is 15.8 Å². The molecule has 1 aromatic rings. The summed E-state index contributed by atoms with van der Waals surface area (Å²) in [5.41, 5.74) is 0. The van der Waals surface area contributed by atoms with Crippen molar-refractivity contribution >= 4 is 11.3 Å². The molecule has 2 nitrogen and oxygen atoms in total. The van der Waals surface area contributed by atoms with Crippen LogP contribution in [0.1, 0.15) is 9.75 Å². The molecule has 0 unspecified atom stereocenters. The Morgan fingerprint density at radius 2 is 2.40 bits per heavy atom. The Morgan fingerprint density at radius 1 is 1.70 bits per heavy atom. The van der Waals surface area contributed by atoms with Gasteiger partial charge in [0.15, 0.2) is 0 Å². The maximum absolute atomic E-state index is 8.54. The van der Waals surface area contributed by atoms with Gasteiger partial charge in [-0.1, -0.05) is 0 Å². The molecular formula is C7H7NOS. The van der Waals surface area contributed by atoms with E-state index in [0.717, 1.165) is 4.88 Å². The average Bonchev–Trinajstić information content (AvgIpc) is 2.30. The van der Waals surface area contributed by atoms with Crippen LogP contribution in [-0.4, -0.2) is 7.11 Å². The third-order valence-electron chi connectivity index (χ3n) is 1.14. The second-order valence-corrected chi connectivity index (χ2v) is 3.12. The summed E-state index contributed by atoms with van der Waals surface area (Å²) < 4.78 is 4.94. The normalized spacial score (nSPS) is 8.90. The second-order valence-electron chi connectivity index (χ2n) is 1.87. The fourth-order valence-corrected chi connectivity index (χ4v) is 1.50. The van der Waals surface area contributed by atoms with Gasteiger partial charge in [0, 0.05) is 4.88 Å². The first kappa shape index (κ1) is 7.10. The molecule has 3 heteroatoms. The van der Waals surface area contributed by atoms with E-state index in [1.54, 1.807) is 7.11 Å². The maximum Gasteiger partial charge on any atom is 0.147 e. The van der Waals surface area contributed by atoms with Crippen LogP contribution in [0.4, 0.5) is 0 Å². The lowest BCUT2D eigenvalue weighted by atomic mass is 10.4. The first-order valence-electron chi connectivity index (χ1n) is 2.82. The number of rotatable bonds is 1. The van der Waals surface area contributed by atoms with E-state index in [0.29, 0.717) is 10.6 Å². The first-order valence-corrected chi connectivity index (χ1v) is 3.64. The number of nitriles is 1. The maximum atomic E-state index is 8.54. The van der Waals surface area contributed by atoms with Crippen molar-refractivity contribution in [1.82, 2.24) is 0 Å². The van der Waals surface area contributed by atoms with Crippen molar-refractivity contribution in [2.75, 3.05) is 7.11 Å². The van der Waals surface area contributed by atoms with E-state index >= 15 is 0 Å². The molecule has 0 radical (unpaired) electrons. The van der Waals surface area contributed by atoms with E-state index < -0.39 is 0 Å². The Bertz CT molecular complexity index is 272. The number of aryl methyl sites for hydroxylation is 1. The van der Waals surface area contributed by atoms with Crippen molar-refractivity contribution < 1.29 is 4.74 Å². The van der Waals surface area contributed by atoms with Crippen LogP contribution in [0.25, 0.3) is 0 Å². The monoisotopic (exact) mass is 153 g/mol. The van der Waals surface area contributed by atoms with Crippen molar-refractivity contribution in [1.29, 1.82) is 5.26 Å². The van der Waals surface area contributed by atoms with Gasteiger partial charge in [0.2, 0.25) is 0 Å². The highest BCUT2D eigenvalue weighted by molar-refractivity contribution is 7.12. The lowest BCUT2D eigenvalue weighted by Crippen LogP contribution is -1.80. The predicted octanol–water partition coefficient (Wildman–Crippen LogP) is 1.94. The SMILES string of the molecule is COc1cc(C)sc1C#N. The number of ether oxygens (including phenoxy) is 1. The molecule has 0 saturated heterocycles. The van der Waals surface area contributed by atoms with Gasteiger partial charge in [0.1, 0.15) is 16.7 Å². The third-order valence-corrected chi connectivity index (χ3v) is 2.08. The molecule has 0 saturated carbocycles. The van der Waals surface area contributed by atoms with E-state index in [1.807, 2.05) is 13.0 Å². The molecule has 0 bridgehead atoms. The molecule has 0 fully saturated rings. The Hall–Kier alpha value is -1.01. The molecule has 0 aromatic carbocycles. The van der Waals surface area contributed by atoms with Crippen LogP contribution >= 0.6 is 11.3 Å². The number of methoxy groups -OCH3 is 1. The minimum absolute atomic E-state index is 0.653. The zero-order chi connectivity index (χ0) is 7.56. The highest BCUT2D eigenvalue weighted by Gasteiger charge is 2.04.